The molecule has 2 aromatic heterocycles. The first kappa shape index (κ1) is 18.5. The number of anilines is 1. The maximum Gasteiger partial charge on any atom is 0.322 e. The van der Waals surface area contributed by atoms with Crippen molar-refractivity contribution >= 4 is 21.8 Å². The van der Waals surface area contributed by atoms with Gasteiger partial charge in [0.05, 0.1) is 17.8 Å². The zero-order chi connectivity index (χ0) is 19.3. The number of amides is 1. The van der Waals surface area contributed by atoms with Gasteiger partial charge in [0.2, 0.25) is 11.8 Å². The van der Waals surface area contributed by atoms with E-state index in [1.165, 1.54) is 19.2 Å². The first-order valence-electron chi connectivity index (χ1n) is 7.88. The molecule has 1 amide bonds. The van der Waals surface area contributed by atoms with Crippen molar-refractivity contribution in [3.63, 3.8) is 0 Å². The molecule has 0 bridgehead atoms. The first-order valence-corrected chi connectivity index (χ1v) is 9.54. The van der Waals surface area contributed by atoms with Gasteiger partial charge in [-0.2, -0.15) is 0 Å². The van der Waals surface area contributed by atoms with Gasteiger partial charge in [-0.05, 0) is 36.4 Å². The molecule has 0 saturated carbocycles. The van der Waals surface area contributed by atoms with Crippen LogP contribution < -0.4 is 10.1 Å². The highest BCUT2D eigenvalue weighted by Crippen LogP contribution is 2.19. The van der Waals surface area contributed by atoms with Crippen LogP contribution in [0.2, 0.25) is 0 Å². The summed E-state index contributed by atoms with van der Waals surface area (Å²) >= 11 is 0. The van der Waals surface area contributed by atoms with E-state index in [0.717, 1.165) is 0 Å². The van der Waals surface area contributed by atoms with Gasteiger partial charge in [-0.25, -0.2) is 8.42 Å². The number of rotatable bonds is 7. The molecule has 2 heterocycles. The van der Waals surface area contributed by atoms with E-state index in [-0.39, 0.29) is 29.0 Å². The highest BCUT2D eigenvalue weighted by molar-refractivity contribution is 7.91. The van der Waals surface area contributed by atoms with Gasteiger partial charge < -0.3 is 9.15 Å². The molecule has 0 aliphatic heterocycles. The number of carbonyl (C=O) groups excluding carboxylic acids is 1. The first-order chi connectivity index (χ1) is 13.0. The second-order valence-electron chi connectivity index (χ2n) is 5.44. The molecule has 1 aromatic carbocycles. The minimum absolute atomic E-state index is 0.103. The minimum atomic E-state index is -3.60. The summed E-state index contributed by atoms with van der Waals surface area (Å²) in [7, 11) is -2.11. The topological polar surface area (TPSA) is 124 Å². The zero-order valence-electron chi connectivity index (χ0n) is 14.3. The van der Waals surface area contributed by atoms with Gasteiger partial charge in [0.15, 0.2) is 9.84 Å². The van der Waals surface area contributed by atoms with E-state index < -0.39 is 15.7 Å². The molecule has 0 saturated heterocycles. The SMILES string of the molecule is COc1ccc(S(=O)(=O)CCC(=O)Nc2nnc(-c3ccncc3)o2)cc1. The zero-order valence-corrected chi connectivity index (χ0v) is 15.1. The Morgan fingerprint density at radius 1 is 1.11 bits per heavy atom. The van der Waals surface area contributed by atoms with E-state index in [1.54, 1.807) is 36.7 Å². The summed E-state index contributed by atoms with van der Waals surface area (Å²) in [6.07, 6.45) is 2.89. The fourth-order valence-corrected chi connectivity index (χ4v) is 3.44. The predicted molar refractivity (Wildman–Crippen MR) is 95.8 cm³/mol. The van der Waals surface area contributed by atoms with Crippen LogP contribution in [0.4, 0.5) is 6.01 Å². The lowest BCUT2D eigenvalue weighted by atomic mass is 10.3. The average Bonchev–Trinajstić information content (AvgIpc) is 3.16. The molecule has 0 atom stereocenters. The second kappa shape index (κ2) is 7.96. The Labute approximate surface area is 155 Å². The molecule has 0 spiro atoms. The highest BCUT2D eigenvalue weighted by Gasteiger charge is 2.18. The number of benzene rings is 1. The standard InChI is InChI=1S/C17H16N4O5S/c1-25-13-2-4-14(5-3-13)27(23,24)11-8-15(22)19-17-21-20-16(26-17)12-6-9-18-10-7-12/h2-7,9-10H,8,11H2,1H3,(H,19,21,22). The van der Waals surface area contributed by atoms with Crippen molar-refractivity contribution in [1.82, 2.24) is 15.2 Å². The average molecular weight is 388 g/mol. The van der Waals surface area contributed by atoms with Crippen molar-refractivity contribution in [3.8, 4) is 17.2 Å². The number of sulfone groups is 1. The Hall–Kier alpha value is -3.27. The van der Waals surface area contributed by atoms with E-state index in [9.17, 15) is 13.2 Å². The summed E-state index contributed by atoms with van der Waals surface area (Å²) < 4.78 is 34.9. The fourth-order valence-electron chi connectivity index (χ4n) is 2.19. The lowest BCUT2D eigenvalue weighted by Crippen LogP contribution is -2.17. The van der Waals surface area contributed by atoms with Crippen molar-refractivity contribution in [3.05, 3.63) is 48.8 Å². The third-order valence-corrected chi connectivity index (χ3v) is 5.35. The van der Waals surface area contributed by atoms with Gasteiger partial charge in [-0.15, -0.1) is 5.10 Å². The Morgan fingerprint density at radius 2 is 1.81 bits per heavy atom. The molecule has 0 aliphatic rings. The number of ether oxygens (including phenoxy) is 1. The van der Waals surface area contributed by atoms with Crippen LogP contribution in [0.3, 0.4) is 0 Å². The van der Waals surface area contributed by atoms with E-state index in [0.29, 0.717) is 11.3 Å². The maximum atomic E-state index is 12.3. The summed E-state index contributed by atoms with van der Waals surface area (Å²) in [5.74, 6) is -0.125. The molecule has 1 N–H and O–H groups in total. The van der Waals surface area contributed by atoms with E-state index in [2.05, 4.69) is 20.5 Å². The van der Waals surface area contributed by atoms with Gasteiger partial charge in [-0.1, -0.05) is 5.10 Å². The summed E-state index contributed by atoms with van der Waals surface area (Å²) in [6.45, 7) is 0. The van der Waals surface area contributed by atoms with Crippen LogP contribution in [-0.4, -0.2) is 42.4 Å². The molecule has 10 heteroatoms. The van der Waals surface area contributed by atoms with Gasteiger partial charge in [0.25, 0.3) is 0 Å². The number of pyridine rings is 1. The van der Waals surface area contributed by atoms with Crippen LogP contribution in [-0.2, 0) is 14.6 Å². The van der Waals surface area contributed by atoms with Crippen LogP contribution in [0, 0.1) is 0 Å². The third kappa shape index (κ3) is 4.67. The van der Waals surface area contributed by atoms with Crippen LogP contribution >= 0.6 is 0 Å². The van der Waals surface area contributed by atoms with Gasteiger partial charge >= 0.3 is 6.01 Å². The molecule has 0 aliphatic carbocycles. The molecule has 27 heavy (non-hydrogen) atoms. The molecule has 0 unspecified atom stereocenters. The molecule has 9 nitrogen and oxygen atoms in total. The Balaban J connectivity index is 1.58. The predicted octanol–water partition coefficient (Wildman–Crippen LogP) is 1.94. The quantitative estimate of drug-likeness (QED) is 0.651. The van der Waals surface area contributed by atoms with E-state index in [1.807, 2.05) is 0 Å². The van der Waals surface area contributed by atoms with Crippen molar-refractivity contribution in [2.75, 3.05) is 18.2 Å². The summed E-state index contributed by atoms with van der Waals surface area (Å²) in [5, 5.41) is 9.94. The Morgan fingerprint density at radius 3 is 2.48 bits per heavy atom. The molecule has 3 rings (SSSR count). The van der Waals surface area contributed by atoms with Crippen LogP contribution in [0.1, 0.15) is 6.42 Å². The van der Waals surface area contributed by atoms with Crippen molar-refractivity contribution < 1.29 is 22.4 Å². The molecule has 140 valence electrons. The number of carbonyl (C=O) groups is 1. The minimum Gasteiger partial charge on any atom is -0.497 e. The lowest BCUT2D eigenvalue weighted by molar-refractivity contribution is -0.115. The second-order valence-corrected chi connectivity index (χ2v) is 7.55. The monoisotopic (exact) mass is 388 g/mol. The molecular weight excluding hydrogens is 372 g/mol. The van der Waals surface area contributed by atoms with Gasteiger partial charge in [-0.3, -0.25) is 15.1 Å². The number of hydrogen-bond acceptors (Lipinski definition) is 8. The van der Waals surface area contributed by atoms with E-state index >= 15 is 0 Å². The number of hydrogen-bond donors (Lipinski definition) is 1. The number of aromatic nitrogens is 3. The summed E-state index contributed by atoms with van der Waals surface area (Å²) in [6, 6.07) is 9.23. The maximum absolute atomic E-state index is 12.3. The molecular formula is C17H16N4O5S. The van der Waals surface area contributed by atoms with Crippen LogP contribution in [0.5, 0.6) is 5.75 Å². The van der Waals surface area contributed by atoms with Crippen molar-refractivity contribution in [2.45, 2.75) is 11.3 Å². The molecule has 0 fully saturated rings. The summed E-state index contributed by atoms with van der Waals surface area (Å²) in [4.78, 5) is 16.0. The van der Waals surface area contributed by atoms with Crippen molar-refractivity contribution in [1.29, 1.82) is 0 Å². The van der Waals surface area contributed by atoms with Crippen LogP contribution in [0.25, 0.3) is 11.5 Å². The largest absolute Gasteiger partial charge is 0.497 e. The Kier molecular flexibility index (Phi) is 5.46. The highest BCUT2D eigenvalue weighted by atomic mass is 32.2. The fraction of sp³-hybridized carbons (Fsp3) is 0.176. The van der Waals surface area contributed by atoms with Gasteiger partial charge in [0.1, 0.15) is 5.75 Å². The lowest BCUT2D eigenvalue weighted by Gasteiger charge is -2.05. The number of nitrogens with one attached hydrogen (secondary N) is 1. The van der Waals surface area contributed by atoms with E-state index in [4.69, 9.17) is 9.15 Å². The molecule has 0 radical (unpaired) electrons. The number of methoxy groups -OCH3 is 1. The van der Waals surface area contributed by atoms with Gasteiger partial charge in [0, 0.05) is 24.4 Å². The number of nitrogens with zero attached hydrogens (tertiary/aromatic N) is 3. The summed E-state index contributed by atoms with van der Waals surface area (Å²) in [5.41, 5.74) is 0.653. The smallest absolute Gasteiger partial charge is 0.322 e. The van der Waals surface area contributed by atoms with Crippen LogP contribution in [0.15, 0.2) is 58.1 Å². The Bertz CT molecular complexity index is 1020. The molecule has 3 aromatic rings. The third-order valence-electron chi connectivity index (χ3n) is 3.62. The van der Waals surface area contributed by atoms with Crippen molar-refractivity contribution in [2.24, 2.45) is 0 Å². The normalized spacial score (nSPS) is 11.1.